The molecule has 0 unspecified atom stereocenters. The Morgan fingerprint density at radius 2 is 2.00 bits per heavy atom. The topological polar surface area (TPSA) is 38.9 Å². The lowest BCUT2D eigenvalue weighted by molar-refractivity contribution is 0.730. The molecule has 0 radical (unpaired) electrons. The van der Waals surface area contributed by atoms with Crippen LogP contribution in [0.15, 0.2) is 12.1 Å². The van der Waals surface area contributed by atoms with E-state index in [0.29, 0.717) is 0 Å². The minimum Gasteiger partial charge on any atom is -0.330 e. The maximum absolute atomic E-state index is 5.43. The molecule has 0 aliphatic carbocycles. The third-order valence-corrected chi connectivity index (χ3v) is 2.04. The van der Waals surface area contributed by atoms with Gasteiger partial charge in [-0.3, -0.25) is 4.98 Å². The standard InChI is InChI=1S/C11H18N2/c1-9-7-10(2)13-11(8-9)5-3-4-6-12/h7-8H,3-6,12H2,1-2H3. The Balaban J connectivity index is 2.56. The first-order valence-electron chi connectivity index (χ1n) is 4.86. The van der Waals surface area contributed by atoms with Gasteiger partial charge in [0.15, 0.2) is 0 Å². The van der Waals surface area contributed by atoms with Crippen LogP contribution in [-0.2, 0) is 6.42 Å². The summed E-state index contributed by atoms with van der Waals surface area (Å²) >= 11 is 0. The predicted octanol–water partition coefficient (Wildman–Crippen LogP) is 1.98. The van der Waals surface area contributed by atoms with Crippen LogP contribution >= 0.6 is 0 Å². The summed E-state index contributed by atoms with van der Waals surface area (Å²) in [4.78, 5) is 4.47. The van der Waals surface area contributed by atoms with Crippen molar-refractivity contribution in [3.63, 3.8) is 0 Å². The van der Waals surface area contributed by atoms with Gasteiger partial charge in [0.2, 0.25) is 0 Å². The summed E-state index contributed by atoms with van der Waals surface area (Å²) in [5.74, 6) is 0. The van der Waals surface area contributed by atoms with Gasteiger partial charge in [0.25, 0.3) is 0 Å². The van der Waals surface area contributed by atoms with E-state index < -0.39 is 0 Å². The van der Waals surface area contributed by atoms with Crippen molar-refractivity contribution >= 4 is 0 Å². The molecular weight excluding hydrogens is 160 g/mol. The molecule has 0 aromatic carbocycles. The summed E-state index contributed by atoms with van der Waals surface area (Å²) in [6, 6.07) is 4.26. The number of aromatic nitrogens is 1. The Kier molecular flexibility index (Phi) is 3.90. The van der Waals surface area contributed by atoms with E-state index in [0.717, 1.165) is 31.5 Å². The maximum atomic E-state index is 5.43. The van der Waals surface area contributed by atoms with Gasteiger partial charge in [-0.25, -0.2) is 0 Å². The second kappa shape index (κ2) is 4.97. The highest BCUT2D eigenvalue weighted by molar-refractivity contribution is 5.19. The molecule has 0 aliphatic heterocycles. The Bertz CT molecular complexity index is 249. The fourth-order valence-corrected chi connectivity index (χ4v) is 1.50. The van der Waals surface area contributed by atoms with E-state index in [9.17, 15) is 0 Å². The molecule has 0 aliphatic rings. The fourth-order valence-electron chi connectivity index (χ4n) is 1.50. The summed E-state index contributed by atoms with van der Waals surface area (Å²) in [5.41, 5.74) is 9.05. The van der Waals surface area contributed by atoms with Crippen molar-refractivity contribution in [2.24, 2.45) is 5.73 Å². The lowest BCUT2D eigenvalue weighted by atomic mass is 10.1. The van der Waals surface area contributed by atoms with Gasteiger partial charge in [0.05, 0.1) is 0 Å². The number of pyridine rings is 1. The van der Waals surface area contributed by atoms with Crippen LogP contribution in [-0.4, -0.2) is 11.5 Å². The second-order valence-corrected chi connectivity index (χ2v) is 3.52. The molecule has 1 rings (SSSR count). The Morgan fingerprint density at radius 3 is 2.62 bits per heavy atom. The van der Waals surface area contributed by atoms with E-state index in [4.69, 9.17) is 5.73 Å². The molecule has 2 heteroatoms. The summed E-state index contributed by atoms with van der Waals surface area (Å²) < 4.78 is 0. The molecule has 0 spiro atoms. The first-order chi connectivity index (χ1) is 6.22. The van der Waals surface area contributed by atoms with Crippen molar-refractivity contribution in [1.29, 1.82) is 0 Å². The van der Waals surface area contributed by atoms with Crippen molar-refractivity contribution in [2.75, 3.05) is 6.54 Å². The lowest BCUT2D eigenvalue weighted by Gasteiger charge is -2.03. The molecular formula is C11H18N2. The van der Waals surface area contributed by atoms with Crippen LogP contribution in [0, 0.1) is 13.8 Å². The van der Waals surface area contributed by atoms with E-state index >= 15 is 0 Å². The Labute approximate surface area is 80.2 Å². The maximum Gasteiger partial charge on any atom is 0.0409 e. The van der Waals surface area contributed by atoms with E-state index in [1.165, 1.54) is 11.3 Å². The van der Waals surface area contributed by atoms with E-state index in [2.05, 4.69) is 24.0 Å². The number of unbranched alkanes of at least 4 members (excludes halogenated alkanes) is 1. The third kappa shape index (κ3) is 3.55. The molecule has 0 fully saturated rings. The number of aryl methyl sites for hydroxylation is 3. The molecule has 2 nitrogen and oxygen atoms in total. The van der Waals surface area contributed by atoms with Crippen LogP contribution in [0.4, 0.5) is 0 Å². The van der Waals surface area contributed by atoms with Crippen LogP contribution < -0.4 is 5.73 Å². The molecule has 0 saturated heterocycles. The van der Waals surface area contributed by atoms with Crippen molar-refractivity contribution < 1.29 is 0 Å². The zero-order valence-corrected chi connectivity index (χ0v) is 8.51. The average molecular weight is 178 g/mol. The van der Waals surface area contributed by atoms with Crippen LogP contribution in [0.3, 0.4) is 0 Å². The average Bonchev–Trinajstić information content (AvgIpc) is 2.03. The zero-order chi connectivity index (χ0) is 9.68. The number of nitrogens with zero attached hydrogens (tertiary/aromatic N) is 1. The van der Waals surface area contributed by atoms with Gasteiger partial charge in [0.1, 0.15) is 0 Å². The van der Waals surface area contributed by atoms with E-state index in [-0.39, 0.29) is 0 Å². The third-order valence-electron chi connectivity index (χ3n) is 2.04. The van der Waals surface area contributed by atoms with E-state index in [1.54, 1.807) is 0 Å². The molecule has 1 aromatic rings. The second-order valence-electron chi connectivity index (χ2n) is 3.52. The number of hydrogen-bond acceptors (Lipinski definition) is 2. The van der Waals surface area contributed by atoms with Crippen LogP contribution in [0.1, 0.15) is 29.8 Å². The molecule has 2 N–H and O–H groups in total. The van der Waals surface area contributed by atoms with Crippen LogP contribution in [0.5, 0.6) is 0 Å². The first kappa shape index (κ1) is 10.2. The minimum atomic E-state index is 0.783. The van der Waals surface area contributed by atoms with Crippen molar-refractivity contribution in [1.82, 2.24) is 4.98 Å². The largest absolute Gasteiger partial charge is 0.330 e. The number of rotatable bonds is 4. The predicted molar refractivity (Wildman–Crippen MR) is 55.7 cm³/mol. The summed E-state index contributed by atoms with van der Waals surface area (Å²) in [7, 11) is 0. The van der Waals surface area contributed by atoms with Gasteiger partial charge in [-0.2, -0.15) is 0 Å². The number of nitrogens with two attached hydrogens (primary N) is 1. The highest BCUT2D eigenvalue weighted by Crippen LogP contribution is 2.07. The van der Waals surface area contributed by atoms with Gasteiger partial charge in [-0.1, -0.05) is 0 Å². The first-order valence-corrected chi connectivity index (χ1v) is 4.86. The number of hydrogen-bond donors (Lipinski definition) is 1. The van der Waals surface area contributed by atoms with Gasteiger partial charge in [0, 0.05) is 11.4 Å². The van der Waals surface area contributed by atoms with Gasteiger partial charge < -0.3 is 5.73 Å². The molecule has 13 heavy (non-hydrogen) atoms. The molecule has 72 valence electrons. The van der Waals surface area contributed by atoms with Crippen molar-refractivity contribution in [3.8, 4) is 0 Å². The van der Waals surface area contributed by atoms with Gasteiger partial charge >= 0.3 is 0 Å². The lowest BCUT2D eigenvalue weighted by Crippen LogP contribution is -2.00. The highest BCUT2D eigenvalue weighted by Gasteiger charge is 1.96. The summed E-state index contributed by atoms with van der Waals surface area (Å²) in [6.45, 7) is 4.94. The normalized spacial score (nSPS) is 10.4. The van der Waals surface area contributed by atoms with Crippen molar-refractivity contribution in [3.05, 3.63) is 29.1 Å². The molecule has 1 heterocycles. The molecule has 0 saturated carbocycles. The van der Waals surface area contributed by atoms with E-state index in [1.807, 2.05) is 6.92 Å². The summed E-state index contributed by atoms with van der Waals surface area (Å²) in [5, 5.41) is 0. The minimum absolute atomic E-state index is 0.783. The Hall–Kier alpha value is -0.890. The Morgan fingerprint density at radius 1 is 1.23 bits per heavy atom. The zero-order valence-electron chi connectivity index (χ0n) is 8.51. The molecule has 0 amide bonds. The van der Waals surface area contributed by atoms with Crippen LogP contribution in [0.25, 0.3) is 0 Å². The quantitative estimate of drug-likeness (QED) is 0.716. The highest BCUT2D eigenvalue weighted by atomic mass is 14.7. The van der Waals surface area contributed by atoms with Crippen LogP contribution in [0.2, 0.25) is 0 Å². The van der Waals surface area contributed by atoms with Crippen molar-refractivity contribution in [2.45, 2.75) is 33.1 Å². The molecule has 0 atom stereocenters. The molecule has 1 aromatic heterocycles. The fraction of sp³-hybridized carbons (Fsp3) is 0.545. The van der Waals surface area contributed by atoms with Gasteiger partial charge in [-0.05, 0) is 57.4 Å². The SMILES string of the molecule is Cc1cc(C)nc(CCCCN)c1. The smallest absolute Gasteiger partial charge is 0.0409 e. The molecule has 0 bridgehead atoms. The summed E-state index contributed by atoms with van der Waals surface area (Å²) in [6.07, 6.45) is 3.29. The van der Waals surface area contributed by atoms with Gasteiger partial charge in [-0.15, -0.1) is 0 Å². The monoisotopic (exact) mass is 178 g/mol.